The second-order valence-electron chi connectivity index (χ2n) is 6.79. The van der Waals surface area contributed by atoms with E-state index in [4.69, 9.17) is 16.6 Å². The van der Waals surface area contributed by atoms with Gasteiger partial charge in [0, 0.05) is 22.2 Å². The predicted octanol–water partition coefficient (Wildman–Crippen LogP) is 5.16. The van der Waals surface area contributed by atoms with E-state index in [1.165, 1.54) is 12.1 Å². The van der Waals surface area contributed by atoms with Gasteiger partial charge in [-0.25, -0.2) is 13.8 Å². The smallest absolute Gasteiger partial charge is 0.260 e. The fourth-order valence-corrected chi connectivity index (χ4v) is 3.81. The van der Waals surface area contributed by atoms with E-state index in [9.17, 15) is 9.18 Å². The molecule has 0 atom stereocenters. The Bertz CT molecular complexity index is 1440. The zero-order chi connectivity index (χ0) is 20.0. The summed E-state index contributed by atoms with van der Waals surface area (Å²) in [7, 11) is 0. The molecule has 0 amide bonds. The van der Waals surface area contributed by atoms with E-state index in [2.05, 4.69) is 0 Å². The summed E-state index contributed by atoms with van der Waals surface area (Å²) in [5.41, 5.74) is 3.14. The van der Waals surface area contributed by atoms with Crippen LogP contribution >= 0.6 is 11.6 Å². The van der Waals surface area contributed by atoms with Crippen LogP contribution in [0.2, 0.25) is 5.02 Å². The molecule has 2 heterocycles. The Balaban J connectivity index is 1.82. The molecule has 0 radical (unpaired) electrons. The maximum atomic E-state index is 14.3. The third-order valence-corrected chi connectivity index (χ3v) is 5.20. The highest BCUT2D eigenvalue weighted by molar-refractivity contribution is 6.30. The number of benzene rings is 3. The molecule has 4 nitrogen and oxygen atoms in total. The summed E-state index contributed by atoms with van der Waals surface area (Å²) in [5.74, 6) is 0.161. The lowest BCUT2D eigenvalue weighted by Crippen LogP contribution is -2.15. The van der Waals surface area contributed by atoms with Crippen molar-refractivity contribution >= 4 is 28.4 Å². The van der Waals surface area contributed by atoms with Gasteiger partial charge in [-0.05, 0) is 30.3 Å². The SMILES string of the molecule is O=c1cc(-c2cccc(Cl)c2)nc2n(Cc3ccccc3F)c3ccccc3n12. The van der Waals surface area contributed by atoms with E-state index < -0.39 is 0 Å². The normalized spacial score (nSPS) is 11.4. The summed E-state index contributed by atoms with van der Waals surface area (Å²) >= 11 is 6.12. The lowest BCUT2D eigenvalue weighted by molar-refractivity contribution is 0.603. The summed E-state index contributed by atoms with van der Waals surface area (Å²) in [6, 6.07) is 22.9. The molecule has 0 saturated carbocycles. The van der Waals surface area contributed by atoms with Crippen molar-refractivity contribution in [1.82, 2.24) is 14.0 Å². The largest absolute Gasteiger partial charge is 0.305 e. The van der Waals surface area contributed by atoms with Crippen LogP contribution in [0.3, 0.4) is 0 Å². The van der Waals surface area contributed by atoms with Crippen LogP contribution in [0, 0.1) is 5.82 Å². The van der Waals surface area contributed by atoms with Gasteiger partial charge in [-0.2, -0.15) is 0 Å². The molecule has 2 aromatic heterocycles. The fraction of sp³-hybridized carbons (Fsp3) is 0.0435. The lowest BCUT2D eigenvalue weighted by atomic mass is 10.1. The van der Waals surface area contributed by atoms with Crippen molar-refractivity contribution < 1.29 is 4.39 Å². The average Bonchev–Trinajstić information content (AvgIpc) is 3.04. The zero-order valence-electron chi connectivity index (χ0n) is 15.2. The van der Waals surface area contributed by atoms with Gasteiger partial charge in [0.1, 0.15) is 5.82 Å². The van der Waals surface area contributed by atoms with Gasteiger partial charge in [0.15, 0.2) is 0 Å². The molecule has 0 bridgehead atoms. The van der Waals surface area contributed by atoms with Gasteiger partial charge in [-0.1, -0.05) is 54.1 Å². The monoisotopic (exact) mass is 403 g/mol. The lowest BCUT2D eigenvalue weighted by Gasteiger charge is -2.08. The van der Waals surface area contributed by atoms with Gasteiger partial charge in [0.05, 0.1) is 23.3 Å². The molecule has 0 saturated heterocycles. The highest BCUT2D eigenvalue weighted by Gasteiger charge is 2.16. The summed E-state index contributed by atoms with van der Waals surface area (Å²) in [5, 5.41) is 0.566. The quantitative estimate of drug-likeness (QED) is 0.417. The molecule has 0 aliphatic carbocycles. The Labute approximate surface area is 170 Å². The van der Waals surface area contributed by atoms with Crippen molar-refractivity contribution in [3.05, 3.63) is 106 Å². The molecule has 0 spiro atoms. The van der Waals surface area contributed by atoms with Gasteiger partial charge in [-0.3, -0.25) is 4.79 Å². The van der Waals surface area contributed by atoms with Gasteiger partial charge in [0.2, 0.25) is 5.78 Å². The maximum Gasteiger partial charge on any atom is 0.260 e. The number of halogens is 2. The van der Waals surface area contributed by atoms with Gasteiger partial charge in [0.25, 0.3) is 5.56 Å². The summed E-state index contributed by atoms with van der Waals surface area (Å²) in [6.45, 7) is 0.259. The molecule has 0 unspecified atom stereocenters. The topological polar surface area (TPSA) is 39.3 Å². The predicted molar refractivity (Wildman–Crippen MR) is 113 cm³/mol. The average molecular weight is 404 g/mol. The Hall–Kier alpha value is -3.44. The Morgan fingerprint density at radius 3 is 2.45 bits per heavy atom. The minimum Gasteiger partial charge on any atom is -0.305 e. The first kappa shape index (κ1) is 17.6. The van der Waals surface area contributed by atoms with E-state index >= 15 is 0 Å². The third kappa shape index (κ3) is 3.00. The van der Waals surface area contributed by atoms with Crippen LogP contribution in [0.15, 0.2) is 83.7 Å². The van der Waals surface area contributed by atoms with Crippen LogP contribution < -0.4 is 5.56 Å². The van der Waals surface area contributed by atoms with Crippen LogP contribution in [-0.4, -0.2) is 14.0 Å². The molecule has 3 aromatic carbocycles. The molecule has 29 heavy (non-hydrogen) atoms. The number of rotatable bonds is 3. The summed E-state index contributed by atoms with van der Waals surface area (Å²) in [6.07, 6.45) is 0. The first-order valence-electron chi connectivity index (χ1n) is 9.12. The number of para-hydroxylation sites is 2. The number of hydrogen-bond donors (Lipinski definition) is 0. The summed E-state index contributed by atoms with van der Waals surface area (Å²) < 4.78 is 17.8. The molecule has 142 valence electrons. The van der Waals surface area contributed by atoms with Crippen molar-refractivity contribution in [3.63, 3.8) is 0 Å². The number of fused-ring (bicyclic) bond motifs is 3. The molecule has 0 fully saturated rings. The van der Waals surface area contributed by atoms with Crippen LogP contribution in [0.25, 0.3) is 28.1 Å². The van der Waals surface area contributed by atoms with Gasteiger partial charge < -0.3 is 4.57 Å². The Morgan fingerprint density at radius 1 is 0.897 bits per heavy atom. The second kappa shape index (κ2) is 6.87. The highest BCUT2D eigenvalue weighted by atomic mass is 35.5. The molecule has 0 N–H and O–H groups in total. The minimum atomic E-state index is -0.295. The van der Waals surface area contributed by atoms with Crippen molar-refractivity contribution in [1.29, 1.82) is 0 Å². The maximum absolute atomic E-state index is 14.3. The van der Waals surface area contributed by atoms with Crippen LogP contribution in [0.4, 0.5) is 4.39 Å². The van der Waals surface area contributed by atoms with Gasteiger partial charge in [-0.15, -0.1) is 0 Å². The number of hydrogen-bond acceptors (Lipinski definition) is 2. The van der Waals surface area contributed by atoms with E-state index in [1.54, 1.807) is 34.7 Å². The first-order valence-corrected chi connectivity index (χ1v) is 9.50. The second-order valence-corrected chi connectivity index (χ2v) is 7.23. The van der Waals surface area contributed by atoms with E-state index in [1.807, 2.05) is 41.0 Å². The zero-order valence-corrected chi connectivity index (χ0v) is 16.0. The Morgan fingerprint density at radius 2 is 1.66 bits per heavy atom. The number of nitrogens with zero attached hydrogens (tertiary/aromatic N) is 3. The molecular weight excluding hydrogens is 389 g/mol. The van der Waals surface area contributed by atoms with Crippen LogP contribution in [0.5, 0.6) is 0 Å². The van der Waals surface area contributed by atoms with Crippen molar-refractivity contribution in [2.24, 2.45) is 0 Å². The van der Waals surface area contributed by atoms with Crippen LogP contribution in [-0.2, 0) is 6.54 Å². The molecule has 0 aliphatic heterocycles. The minimum absolute atomic E-state index is 0.201. The molecule has 0 aliphatic rings. The Kier molecular flexibility index (Phi) is 4.18. The highest BCUT2D eigenvalue weighted by Crippen LogP contribution is 2.24. The van der Waals surface area contributed by atoms with E-state index in [0.717, 1.165) is 16.6 Å². The molecule has 5 rings (SSSR count). The summed E-state index contributed by atoms with van der Waals surface area (Å²) in [4.78, 5) is 17.8. The van der Waals surface area contributed by atoms with Crippen molar-refractivity contribution in [2.45, 2.75) is 6.54 Å². The van der Waals surface area contributed by atoms with Gasteiger partial charge >= 0.3 is 0 Å². The number of imidazole rings is 1. The molecule has 5 aromatic rings. The first-order chi connectivity index (χ1) is 14.1. The van der Waals surface area contributed by atoms with Crippen LogP contribution in [0.1, 0.15) is 5.56 Å². The third-order valence-electron chi connectivity index (χ3n) is 4.96. The number of aromatic nitrogens is 3. The van der Waals surface area contributed by atoms with E-state index in [0.29, 0.717) is 22.1 Å². The molecular formula is C23H15ClFN3O. The van der Waals surface area contributed by atoms with Crippen molar-refractivity contribution in [3.8, 4) is 11.3 Å². The standard InChI is InChI=1S/C23H15ClFN3O/c24-17-8-5-7-15(12-17)19-13-22(29)28-21-11-4-3-10-20(21)27(23(28)26-19)14-16-6-1-2-9-18(16)25/h1-13H,14H2. The fourth-order valence-electron chi connectivity index (χ4n) is 3.62. The van der Waals surface area contributed by atoms with E-state index in [-0.39, 0.29) is 17.9 Å². The molecule has 6 heteroatoms. The van der Waals surface area contributed by atoms with Crippen molar-refractivity contribution in [2.75, 3.05) is 0 Å².